The lowest BCUT2D eigenvalue weighted by atomic mass is 10.1. The van der Waals surface area contributed by atoms with Crippen LogP contribution in [0.25, 0.3) is 0 Å². The van der Waals surface area contributed by atoms with Crippen LogP contribution < -0.4 is 11.1 Å². The number of hydrogen-bond donors (Lipinski definition) is 2. The molecule has 1 aromatic rings. The number of amides is 1. The largest absolute Gasteiger partial charge is 0.350 e. The molecule has 0 aliphatic heterocycles. The molecule has 1 amide bonds. The minimum absolute atomic E-state index is 0.0783. The molecule has 0 aromatic carbocycles. The van der Waals surface area contributed by atoms with Crippen LogP contribution in [0.4, 0.5) is 0 Å². The Morgan fingerprint density at radius 2 is 2.36 bits per heavy atom. The van der Waals surface area contributed by atoms with Gasteiger partial charge in [0.1, 0.15) is 0 Å². The highest BCUT2D eigenvalue weighted by Crippen LogP contribution is 2.20. The van der Waals surface area contributed by atoms with Crippen LogP contribution in [0.5, 0.6) is 0 Å². The molecule has 0 bridgehead atoms. The van der Waals surface area contributed by atoms with E-state index in [9.17, 15) is 4.79 Å². The van der Waals surface area contributed by atoms with Crippen molar-refractivity contribution in [3.05, 3.63) is 20.8 Å². The number of nitrogens with one attached hydrogen (secondary N) is 1. The summed E-state index contributed by atoms with van der Waals surface area (Å²) in [7, 11) is 0. The molecule has 0 fully saturated rings. The monoisotopic (exact) mass is 276 g/mol. The Balaban J connectivity index is 2.52. The molecule has 0 radical (unpaired) electrons. The minimum Gasteiger partial charge on any atom is -0.350 e. The summed E-state index contributed by atoms with van der Waals surface area (Å²) in [5.74, 6) is -0.0783. The van der Waals surface area contributed by atoms with Crippen LogP contribution in [0.3, 0.4) is 0 Å². The van der Waals surface area contributed by atoms with E-state index in [-0.39, 0.29) is 11.4 Å². The van der Waals surface area contributed by atoms with Crippen LogP contribution in [0.1, 0.15) is 24.2 Å². The Labute approximate surface area is 95.8 Å². The van der Waals surface area contributed by atoms with E-state index < -0.39 is 0 Å². The number of carbonyl (C=O) groups is 1. The van der Waals surface area contributed by atoms with E-state index in [1.807, 2.05) is 19.2 Å². The molecular formula is C9H13BrN2OS. The summed E-state index contributed by atoms with van der Waals surface area (Å²) in [6, 6.07) is 1.80. The van der Waals surface area contributed by atoms with Crippen LogP contribution in [0.15, 0.2) is 15.2 Å². The summed E-state index contributed by atoms with van der Waals surface area (Å²) in [6.45, 7) is 4.22. The normalized spacial score (nSPS) is 11.4. The summed E-state index contributed by atoms with van der Waals surface area (Å²) in [4.78, 5) is 11.5. The SMILES string of the molecule is CC(C)(N)CNC(=O)c1csc(Br)c1. The van der Waals surface area contributed by atoms with Gasteiger partial charge in [-0.05, 0) is 35.8 Å². The van der Waals surface area contributed by atoms with Gasteiger partial charge in [0, 0.05) is 17.5 Å². The van der Waals surface area contributed by atoms with Gasteiger partial charge in [0.25, 0.3) is 5.91 Å². The van der Waals surface area contributed by atoms with Crippen molar-refractivity contribution in [3.63, 3.8) is 0 Å². The summed E-state index contributed by atoms with van der Waals surface area (Å²) >= 11 is 4.80. The molecule has 0 aliphatic carbocycles. The van der Waals surface area contributed by atoms with Gasteiger partial charge in [-0.3, -0.25) is 4.79 Å². The van der Waals surface area contributed by atoms with E-state index in [1.54, 1.807) is 6.07 Å². The van der Waals surface area contributed by atoms with Crippen molar-refractivity contribution >= 4 is 33.2 Å². The lowest BCUT2D eigenvalue weighted by Gasteiger charge is -2.18. The summed E-state index contributed by atoms with van der Waals surface area (Å²) in [5.41, 5.74) is 6.05. The second-order valence-electron chi connectivity index (χ2n) is 3.81. The van der Waals surface area contributed by atoms with Gasteiger partial charge in [0.05, 0.1) is 9.35 Å². The summed E-state index contributed by atoms with van der Waals surface area (Å²) in [6.07, 6.45) is 0. The smallest absolute Gasteiger partial charge is 0.252 e. The van der Waals surface area contributed by atoms with Crippen LogP contribution in [-0.2, 0) is 0 Å². The van der Waals surface area contributed by atoms with Gasteiger partial charge >= 0.3 is 0 Å². The third kappa shape index (κ3) is 3.77. The highest BCUT2D eigenvalue weighted by Gasteiger charge is 2.13. The van der Waals surface area contributed by atoms with Crippen molar-refractivity contribution in [1.82, 2.24) is 5.32 Å². The fourth-order valence-corrected chi connectivity index (χ4v) is 1.98. The molecule has 5 heteroatoms. The molecule has 3 N–H and O–H groups in total. The first-order chi connectivity index (χ1) is 6.38. The molecule has 0 saturated carbocycles. The molecule has 0 unspecified atom stereocenters. The molecular weight excluding hydrogens is 264 g/mol. The minimum atomic E-state index is -0.372. The van der Waals surface area contributed by atoms with Crippen molar-refractivity contribution in [1.29, 1.82) is 0 Å². The predicted octanol–water partition coefficient (Wildman–Crippen LogP) is 1.98. The van der Waals surface area contributed by atoms with E-state index in [1.165, 1.54) is 11.3 Å². The van der Waals surface area contributed by atoms with Gasteiger partial charge in [0.15, 0.2) is 0 Å². The Kier molecular flexibility index (Phi) is 3.69. The number of nitrogens with two attached hydrogens (primary N) is 1. The first-order valence-electron chi connectivity index (χ1n) is 4.19. The van der Waals surface area contributed by atoms with Crippen LogP contribution in [-0.4, -0.2) is 18.0 Å². The molecule has 0 saturated heterocycles. The topological polar surface area (TPSA) is 55.1 Å². The lowest BCUT2D eigenvalue weighted by molar-refractivity contribution is 0.0946. The average molecular weight is 277 g/mol. The predicted molar refractivity (Wildman–Crippen MR) is 62.6 cm³/mol. The van der Waals surface area contributed by atoms with Gasteiger partial charge in [-0.15, -0.1) is 11.3 Å². The standard InChI is InChI=1S/C9H13BrN2OS/c1-9(2,11)5-12-8(13)6-3-7(10)14-4-6/h3-4H,5,11H2,1-2H3,(H,12,13). The Morgan fingerprint density at radius 3 is 2.79 bits per heavy atom. The Bertz CT molecular complexity index is 330. The first-order valence-corrected chi connectivity index (χ1v) is 5.87. The maximum Gasteiger partial charge on any atom is 0.252 e. The van der Waals surface area contributed by atoms with Gasteiger partial charge in [-0.1, -0.05) is 0 Å². The van der Waals surface area contributed by atoms with Gasteiger partial charge in [0.2, 0.25) is 0 Å². The van der Waals surface area contributed by atoms with E-state index in [4.69, 9.17) is 5.73 Å². The second-order valence-corrected chi connectivity index (χ2v) is 6.10. The van der Waals surface area contributed by atoms with E-state index in [2.05, 4.69) is 21.2 Å². The van der Waals surface area contributed by atoms with Crippen LogP contribution in [0.2, 0.25) is 0 Å². The zero-order chi connectivity index (χ0) is 10.8. The quantitative estimate of drug-likeness (QED) is 0.887. The molecule has 1 aromatic heterocycles. The number of carbonyl (C=O) groups excluding carboxylic acids is 1. The van der Waals surface area contributed by atoms with E-state index in [0.717, 1.165) is 3.79 Å². The average Bonchev–Trinajstić information content (AvgIpc) is 2.46. The lowest BCUT2D eigenvalue weighted by Crippen LogP contribution is -2.45. The second kappa shape index (κ2) is 4.42. The Hall–Kier alpha value is -0.390. The molecule has 78 valence electrons. The maximum absolute atomic E-state index is 11.5. The number of rotatable bonds is 3. The molecule has 3 nitrogen and oxygen atoms in total. The molecule has 0 aliphatic rings. The van der Waals surface area contributed by atoms with Crippen LogP contribution >= 0.6 is 27.3 Å². The third-order valence-corrected chi connectivity index (χ3v) is 3.04. The number of halogens is 1. The fourth-order valence-electron chi connectivity index (χ4n) is 0.839. The van der Waals surface area contributed by atoms with E-state index in [0.29, 0.717) is 12.1 Å². The fraction of sp³-hybridized carbons (Fsp3) is 0.444. The molecule has 14 heavy (non-hydrogen) atoms. The highest BCUT2D eigenvalue weighted by atomic mass is 79.9. The van der Waals surface area contributed by atoms with Gasteiger partial charge < -0.3 is 11.1 Å². The zero-order valence-corrected chi connectivity index (χ0v) is 10.5. The molecule has 0 spiro atoms. The summed E-state index contributed by atoms with van der Waals surface area (Å²) < 4.78 is 0.953. The van der Waals surface area contributed by atoms with Gasteiger partial charge in [-0.25, -0.2) is 0 Å². The summed E-state index contributed by atoms with van der Waals surface area (Å²) in [5, 5.41) is 4.58. The van der Waals surface area contributed by atoms with Crippen molar-refractivity contribution in [2.24, 2.45) is 5.73 Å². The van der Waals surface area contributed by atoms with E-state index >= 15 is 0 Å². The van der Waals surface area contributed by atoms with Crippen molar-refractivity contribution in [2.75, 3.05) is 6.54 Å². The van der Waals surface area contributed by atoms with Gasteiger partial charge in [-0.2, -0.15) is 0 Å². The maximum atomic E-state index is 11.5. The molecule has 0 atom stereocenters. The third-order valence-electron chi connectivity index (χ3n) is 1.53. The van der Waals surface area contributed by atoms with Crippen molar-refractivity contribution in [2.45, 2.75) is 19.4 Å². The van der Waals surface area contributed by atoms with Crippen molar-refractivity contribution in [3.8, 4) is 0 Å². The zero-order valence-electron chi connectivity index (χ0n) is 8.13. The van der Waals surface area contributed by atoms with Crippen LogP contribution in [0, 0.1) is 0 Å². The highest BCUT2D eigenvalue weighted by molar-refractivity contribution is 9.11. The molecule has 1 heterocycles. The Morgan fingerprint density at radius 1 is 1.71 bits per heavy atom. The van der Waals surface area contributed by atoms with Crippen molar-refractivity contribution < 1.29 is 4.79 Å². The number of hydrogen-bond acceptors (Lipinski definition) is 3. The molecule has 1 rings (SSSR count). The number of thiophene rings is 1. The first kappa shape index (κ1) is 11.7.